The van der Waals surface area contributed by atoms with Crippen molar-refractivity contribution in [3.63, 3.8) is 0 Å². The summed E-state index contributed by atoms with van der Waals surface area (Å²) >= 11 is 0. The Morgan fingerprint density at radius 1 is 0.552 bits per heavy atom. The molecule has 4 aromatic carbocycles. The van der Waals surface area contributed by atoms with Gasteiger partial charge in [0, 0.05) is 0 Å². The van der Waals surface area contributed by atoms with E-state index in [9.17, 15) is 10.4 Å². The minimum absolute atomic E-state index is 0.0115. The molecule has 0 aliphatic carbocycles. The number of nitriles is 1. The van der Waals surface area contributed by atoms with Crippen LogP contribution in [0.1, 0.15) is 17.5 Å². The maximum atomic E-state index is 11.5. The highest BCUT2D eigenvalue weighted by atomic mass is 16.3. The summed E-state index contributed by atoms with van der Waals surface area (Å²) in [7, 11) is 0. The molecule has 0 aliphatic rings. The lowest BCUT2D eigenvalue weighted by molar-refractivity contribution is 0.0860. The zero-order valence-electron chi connectivity index (χ0n) is 16.0. The molecule has 2 nitrogen and oxygen atoms in total. The molecule has 140 valence electrons. The second-order valence-electron chi connectivity index (χ2n) is 7.08. The van der Waals surface area contributed by atoms with Gasteiger partial charge in [0.25, 0.3) is 0 Å². The van der Waals surface area contributed by atoms with Crippen molar-refractivity contribution in [1.82, 2.24) is 0 Å². The Balaban J connectivity index is 1.68. The van der Waals surface area contributed by atoms with Crippen molar-refractivity contribution in [3.8, 4) is 28.3 Å². The highest BCUT2D eigenvalue weighted by Crippen LogP contribution is 2.35. The van der Waals surface area contributed by atoms with Crippen LogP contribution in [0.2, 0.25) is 0 Å². The third kappa shape index (κ3) is 3.82. The Labute approximate surface area is 171 Å². The zero-order valence-corrected chi connectivity index (χ0v) is 16.0. The Morgan fingerprint density at radius 3 is 1.24 bits per heavy atom. The fourth-order valence-corrected chi connectivity index (χ4v) is 3.62. The third-order valence-corrected chi connectivity index (χ3v) is 5.27. The molecule has 29 heavy (non-hydrogen) atoms. The van der Waals surface area contributed by atoms with Crippen molar-refractivity contribution in [2.45, 2.75) is 12.0 Å². The Kier molecular flexibility index (Phi) is 5.24. The lowest BCUT2D eigenvalue weighted by atomic mass is 9.83. The molecule has 0 fully saturated rings. The predicted octanol–water partition coefficient (Wildman–Crippen LogP) is 6.17. The van der Waals surface area contributed by atoms with Gasteiger partial charge in [-0.3, -0.25) is 0 Å². The topological polar surface area (TPSA) is 44.0 Å². The van der Waals surface area contributed by atoms with Crippen LogP contribution in [0.5, 0.6) is 0 Å². The lowest BCUT2D eigenvalue weighted by Gasteiger charge is -2.27. The van der Waals surface area contributed by atoms with Crippen molar-refractivity contribution in [2.24, 2.45) is 0 Å². The fourth-order valence-electron chi connectivity index (χ4n) is 3.62. The van der Waals surface area contributed by atoms with Gasteiger partial charge in [-0.25, -0.2) is 0 Å². The molecular formula is C27H21NO. The summed E-state index contributed by atoms with van der Waals surface area (Å²) in [6, 6.07) is 38.0. The standard InChI is InChI=1S/C27H21NO/c28-20-19-27(29,25-15-11-23(12-16-25)21-7-3-1-4-8-21)26-17-13-24(14-18-26)22-9-5-2-6-10-22/h1-18,29H,19H2. The van der Waals surface area contributed by atoms with E-state index in [4.69, 9.17) is 0 Å². The first-order valence-electron chi connectivity index (χ1n) is 9.62. The maximum Gasteiger partial charge on any atom is 0.128 e. The van der Waals surface area contributed by atoms with Gasteiger partial charge in [0.1, 0.15) is 5.60 Å². The first kappa shape index (κ1) is 18.7. The highest BCUT2D eigenvalue weighted by Gasteiger charge is 2.31. The SMILES string of the molecule is N#CCC(O)(c1ccc(-c2ccccc2)cc1)c1ccc(-c2ccccc2)cc1. The van der Waals surface area contributed by atoms with Gasteiger partial charge < -0.3 is 5.11 Å². The van der Waals surface area contributed by atoms with E-state index < -0.39 is 5.60 Å². The van der Waals surface area contributed by atoms with Gasteiger partial charge in [0.2, 0.25) is 0 Å². The van der Waals surface area contributed by atoms with Crippen LogP contribution in [-0.2, 0) is 5.60 Å². The molecule has 4 aromatic rings. The van der Waals surface area contributed by atoms with Crippen LogP contribution in [0.4, 0.5) is 0 Å². The number of hydrogen-bond acceptors (Lipinski definition) is 2. The second-order valence-corrected chi connectivity index (χ2v) is 7.08. The average Bonchev–Trinajstić information content (AvgIpc) is 2.80. The van der Waals surface area contributed by atoms with E-state index in [2.05, 4.69) is 30.3 Å². The van der Waals surface area contributed by atoms with Crippen molar-refractivity contribution in [2.75, 3.05) is 0 Å². The molecule has 2 heteroatoms. The maximum absolute atomic E-state index is 11.5. The van der Waals surface area contributed by atoms with Crippen molar-refractivity contribution in [1.29, 1.82) is 5.26 Å². The zero-order chi connectivity index (χ0) is 20.1. The Morgan fingerprint density at radius 2 is 0.897 bits per heavy atom. The first-order chi connectivity index (χ1) is 14.2. The smallest absolute Gasteiger partial charge is 0.128 e. The summed E-state index contributed by atoms with van der Waals surface area (Å²) in [5.74, 6) is 0. The number of nitrogens with zero attached hydrogens (tertiary/aromatic N) is 1. The molecule has 1 N–H and O–H groups in total. The van der Waals surface area contributed by atoms with E-state index in [1.54, 1.807) is 0 Å². The lowest BCUT2D eigenvalue weighted by Crippen LogP contribution is -2.26. The minimum Gasteiger partial charge on any atom is -0.379 e. The molecule has 0 atom stereocenters. The first-order valence-corrected chi connectivity index (χ1v) is 9.62. The van der Waals surface area contributed by atoms with Crippen LogP contribution in [0, 0.1) is 11.3 Å². The fraction of sp³-hybridized carbons (Fsp3) is 0.0741. The summed E-state index contributed by atoms with van der Waals surface area (Å²) in [5, 5.41) is 20.8. The second kappa shape index (κ2) is 8.14. The molecule has 0 heterocycles. The summed E-state index contributed by atoms with van der Waals surface area (Å²) in [6.07, 6.45) is -0.0115. The van der Waals surface area contributed by atoms with Crippen molar-refractivity contribution >= 4 is 0 Å². The van der Waals surface area contributed by atoms with Gasteiger partial charge in [-0.2, -0.15) is 5.26 Å². The van der Waals surface area contributed by atoms with Gasteiger partial charge in [-0.15, -0.1) is 0 Å². The summed E-state index contributed by atoms with van der Waals surface area (Å²) in [6.45, 7) is 0. The molecule has 0 aliphatic heterocycles. The highest BCUT2D eigenvalue weighted by molar-refractivity contribution is 5.65. The quantitative estimate of drug-likeness (QED) is 0.453. The van der Waals surface area contributed by atoms with Crippen LogP contribution >= 0.6 is 0 Å². The molecule has 0 bridgehead atoms. The van der Waals surface area contributed by atoms with Gasteiger partial charge in [0.15, 0.2) is 0 Å². The molecule has 0 saturated carbocycles. The Bertz CT molecular complexity index is 1030. The summed E-state index contributed by atoms with van der Waals surface area (Å²) < 4.78 is 0. The van der Waals surface area contributed by atoms with Crippen LogP contribution in [-0.4, -0.2) is 5.11 Å². The molecule has 4 rings (SSSR count). The van der Waals surface area contributed by atoms with Crippen LogP contribution in [0.15, 0.2) is 109 Å². The van der Waals surface area contributed by atoms with Crippen LogP contribution in [0.3, 0.4) is 0 Å². The van der Waals surface area contributed by atoms with Gasteiger partial charge in [0.05, 0.1) is 12.5 Å². The van der Waals surface area contributed by atoms with E-state index in [-0.39, 0.29) is 6.42 Å². The van der Waals surface area contributed by atoms with Gasteiger partial charge in [-0.1, -0.05) is 109 Å². The molecule has 0 aromatic heterocycles. The van der Waals surface area contributed by atoms with E-state index in [1.165, 1.54) is 0 Å². The molecular weight excluding hydrogens is 354 g/mol. The van der Waals surface area contributed by atoms with Crippen molar-refractivity contribution in [3.05, 3.63) is 120 Å². The normalized spacial score (nSPS) is 11.0. The van der Waals surface area contributed by atoms with Gasteiger partial charge >= 0.3 is 0 Å². The monoisotopic (exact) mass is 375 g/mol. The molecule has 0 unspecified atom stereocenters. The Hall–Kier alpha value is -3.67. The molecule has 0 amide bonds. The summed E-state index contributed by atoms with van der Waals surface area (Å²) in [5.41, 5.74) is 4.47. The van der Waals surface area contributed by atoms with E-state index in [0.29, 0.717) is 11.1 Å². The van der Waals surface area contributed by atoms with E-state index >= 15 is 0 Å². The van der Waals surface area contributed by atoms with Crippen LogP contribution in [0.25, 0.3) is 22.3 Å². The number of benzene rings is 4. The van der Waals surface area contributed by atoms with E-state index in [0.717, 1.165) is 22.3 Å². The number of aliphatic hydroxyl groups is 1. The minimum atomic E-state index is -1.35. The van der Waals surface area contributed by atoms with Crippen molar-refractivity contribution < 1.29 is 5.11 Å². The summed E-state index contributed by atoms with van der Waals surface area (Å²) in [4.78, 5) is 0. The third-order valence-electron chi connectivity index (χ3n) is 5.27. The predicted molar refractivity (Wildman–Crippen MR) is 117 cm³/mol. The van der Waals surface area contributed by atoms with Crippen LogP contribution < -0.4 is 0 Å². The average molecular weight is 375 g/mol. The molecule has 0 radical (unpaired) electrons. The number of rotatable bonds is 5. The van der Waals surface area contributed by atoms with E-state index in [1.807, 2.05) is 84.9 Å². The number of hydrogen-bond donors (Lipinski definition) is 1. The van der Waals surface area contributed by atoms with Gasteiger partial charge in [-0.05, 0) is 33.4 Å². The molecule has 0 spiro atoms. The largest absolute Gasteiger partial charge is 0.379 e. The molecule has 0 saturated heterocycles.